The van der Waals surface area contributed by atoms with Crippen LogP contribution in [-0.2, 0) is 9.53 Å². The molecule has 0 atom stereocenters. The number of amides is 1. The Kier molecular flexibility index (Phi) is 6.05. The average molecular weight is 257 g/mol. The monoisotopic (exact) mass is 257 g/mol. The normalized spacial score (nSPS) is 18.1. The SMILES string of the molecule is CN(CC(=O)NC1CCOCC1)CC(C)(C)CN. The summed E-state index contributed by atoms with van der Waals surface area (Å²) in [5, 5.41) is 3.06. The molecular formula is C13H27N3O2. The molecule has 0 bridgehead atoms. The number of hydrogen-bond acceptors (Lipinski definition) is 4. The van der Waals surface area contributed by atoms with Crippen LogP contribution in [0.3, 0.4) is 0 Å². The summed E-state index contributed by atoms with van der Waals surface area (Å²) < 4.78 is 5.27. The molecule has 1 aliphatic rings. The maximum absolute atomic E-state index is 11.9. The predicted octanol–water partition coefficient (Wildman–Crippen LogP) is 0.198. The topological polar surface area (TPSA) is 67.6 Å². The van der Waals surface area contributed by atoms with Crippen LogP contribution in [0.4, 0.5) is 0 Å². The highest BCUT2D eigenvalue weighted by Crippen LogP contribution is 2.13. The van der Waals surface area contributed by atoms with Crippen LogP contribution in [0.1, 0.15) is 26.7 Å². The number of rotatable bonds is 6. The van der Waals surface area contributed by atoms with Gasteiger partial charge in [-0.05, 0) is 31.8 Å². The molecule has 0 saturated carbocycles. The largest absolute Gasteiger partial charge is 0.381 e. The van der Waals surface area contributed by atoms with E-state index in [9.17, 15) is 4.79 Å². The Morgan fingerprint density at radius 3 is 2.61 bits per heavy atom. The molecule has 0 aromatic carbocycles. The van der Waals surface area contributed by atoms with Crippen molar-refractivity contribution in [3.05, 3.63) is 0 Å². The number of nitrogens with one attached hydrogen (secondary N) is 1. The van der Waals surface area contributed by atoms with Gasteiger partial charge in [0.1, 0.15) is 0 Å². The third-order valence-electron chi connectivity index (χ3n) is 3.25. The maximum atomic E-state index is 11.9. The van der Waals surface area contributed by atoms with Gasteiger partial charge in [0.2, 0.25) is 5.91 Å². The van der Waals surface area contributed by atoms with Crippen molar-refractivity contribution in [1.82, 2.24) is 10.2 Å². The first-order chi connectivity index (χ1) is 8.43. The van der Waals surface area contributed by atoms with E-state index in [0.717, 1.165) is 32.6 Å². The minimum absolute atomic E-state index is 0.0493. The summed E-state index contributed by atoms with van der Waals surface area (Å²) in [7, 11) is 1.96. The molecule has 5 nitrogen and oxygen atoms in total. The zero-order valence-electron chi connectivity index (χ0n) is 11.9. The fraction of sp³-hybridized carbons (Fsp3) is 0.923. The van der Waals surface area contributed by atoms with E-state index in [0.29, 0.717) is 13.1 Å². The molecule has 0 aliphatic carbocycles. The fourth-order valence-electron chi connectivity index (χ4n) is 2.21. The molecule has 5 heteroatoms. The van der Waals surface area contributed by atoms with Crippen LogP contribution in [0.2, 0.25) is 0 Å². The zero-order valence-corrected chi connectivity index (χ0v) is 11.9. The van der Waals surface area contributed by atoms with Gasteiger partial charge in [-0.15, -0.1) is 0 Å². The van der Waals surface area contributed by atoms with Gasteiger partial charge in [-0.25, -0.2) is 0 Å². The summed E-state index contributed by atoms with van der Waals surface area (Å²) in [6.07, 6.45) is 1.84. The molecule has 18 heavy (non-hydrogen) atoms. The Labute approximate surface area is 110 Å². The lowest BCUT2D eigenvalue weighted by Gasteiger charge is -2.29. The molecule has 1 heterocycles. The molecule has 0 spiro atoms. The molecule has 0 aromatic heterocycles. The number of likely N-dealkylation sites (N-methyl/N-ethyl adjacent to an activating group) is 1. The summed E-state index contributed by atoms with van der Waals surface area (Å²) in [5.74, 6) is 0.0946. The average Bonchev–Trinajstić information content (AvgIpc) is 2.29. The first kappa shape index (κ1) is 15.4. The van der Waals surface area contributed by atoms with Crippen LogP contribution >= 0.6 is 0 Å². The fourth-order valence-corrected chi connectivity index (χ4v) is 2.21. The number of carbonyl (C=O) groups excluding carboxylic acids is 1. The van der Waals surface area contributed by atoms with Crippen molar-refractivity contribution < 1.29 is 9.53 Å². The summed E-state index contributed by atoms with van der Waals surface area (Å²) >= 11 is 0. The van der Waals surface area contributed by atoms with E-state index in [4.69, 9.17) is 10.5 Å². The molecule has 106 valence electrons. The Balaban J connectivity index is 2.26. The molecule has 3 N–H and O–H groups in total. The van der Waals surface area contributed by atoms with Crippen molar-refractivity contribution in [2.75, 3.05) is 39.9 Å². The van der Waals surface area contributed by atoms with Gasteiger partial charge in [0, 0.05) is 25.8 Å². The van der Waals surface area contributed by atoms with Crippen LogP contribution in [0, 0.1) is 5.41 Å². The van der Waals surface area contributed by atoms with Crippen molar-refractivity contribution in [3.8, 4) is 0 Å². The minimum Gasteiger partial charge on any atom is -0.381 e. The van der Waals surface area contributed by atoms with Gasteiger partial charge in [-0.1, -0.05) is 13.8 Å². The first-order valence-corrected chi connectivity index (χ1v) is 6.69. The standard InChI is InChI=1S/C13H27N3O2/c1-13(2,9-14)10-16(3)8-12(17)15-11-4-6-18-7-5-11/h11H,4-10,14H2,1-3H3,(H,15,17). The molecule has 1 rings (SSSR count). The molecule has 1 saturated heterocycles. The van der Waals surface area contributed by atoms with Gasteiger partial charge in [-0.3, -0.25) is 9.69 Å². The second-order valence-corrected chi connectivity index (χ2v) is 5.99. The first-order valence-electron chi connectivity index (χ1n) is 6.69. The van der Waals surface area contributed by atoms with Crippen molar-refractivity contribution >= 4 is 5.91 Å². The van der Waals surface area contributed by atoms with E-state index in [-0.39, 0.29) is 17.4 Å². The highest BCUT2D eigenvalue weighted by Gasteiger charge is 2.21. The van der Waals surface area contributed by atoms with Gasteiger partial charge >= 0.3 is 0 Å². The quantitative estimate of drug-likeness (QED) is 0.713. The van der Waals surface area contributed by atoms with Crippen molar-refractivity contribution in [3.63, 3.8) is 0 Å². The van der Waals surface area contributed by atoms with Crippen LogP contribution in [0.5, 0.6) is 0 Å². The summed E-state index contributed by atoms with van der Waals surface area (Å²) in [6.45, 7) is 7.60. The number of nitrogens with zero attached hydrogens (tertiary/aromatic N) is 1. The second-order valence-electron chi connectivity index (χ2n) is 5.99. The van der Waals surface area contributed by atoms with Crippen LogP contribution in [0.15, 0.2) is 0 Å². The molecule has 1 aliphatic heterocycles. The predicted molar refractivity (Wildman–Crippen MR) is 72.3 cm³/mol. The van der Waals surface area contributed by atoms with Crippen LogP contribution < -0.4 is 11.1 Å². The van der Waals surface area contributed by atoms with Crippen molar-refractivity contribution in [2.24, 2.45) is 11.1 Å². The lowest BCUT2D eigenvalue weighted by atomic mass is 9.93. The number of carbonyl (C=O) groups is 1. The molecule has 1 fully saturated rings. The Bertz CT molecular complexity index is 263. The van der Waals surface area contributed by atoms with Crippen molar-refractivity contribution in [1.29, 1.82) is 0 Å². The third-order valence-corrected chi connectivity index (χ3v) is 3.25. The smallest absolute Gasteiger partial charge is 0.234 e. The van der Waals surface area contributed by atoms with E-state index < -0.39 is 0 Å². The lowest BCUT2D eigenvalue weighted by Crippen LogP contribution is -2.45. The maximum Gasteiger partial charge on any atom is 0.234 e. The lowest BCUT2D eigenvalue weighted by molar-refractivity contribution is -0.123. The number of nitrogens with two attached hydrogens (primary N) is 1. The second kappa shape index (κ2) is 7.07. The van der Waals surface area contributed by atoms with E-state index >= 15 is 0 Å². The molecule has 1 amide bonds. The van der Waals surface area contributed by atoms with E-state index in [1.165, 1.54) is 0 Å². The summed E-state index contributed by atoms with van der Waals surface area (Å²) in [4.78, 5) is 13.9. The van der Waals surface area contributed by atoms with Crippen LogP contribution in [-0.4, -0.2) is 56.7 Å². The van der Waals surface area contributed by atoms with E-state index in [1.807, 2.05) is 11.9 Å². The van der Waals surface area contributed by atoms with E-state index in [2.05, 4.69) is 19.2 Å². The van der Waals surface area contributed by atoms with Gasteiger partial charge in [0.15, 0.2) is 0 Å². The molecule has 0 unspecified atom stereocenters. The Hall–Kier alpha value is -0.650. The minimum atomic E-state index is 0.0493. The molecule has 0 radical (unpaired) electrons. The van der Waals surface area contributed by atoms with Crippen LogP contribution in [0.25, 0.3) is 0 Å². The molecular weight excluding hydrogens is 230 g/mol. The molecule has 0 aromatic rings. The number of ether oxygens (including phenoxy) is 1. The Morgan fingerprint density at radius 2 is 2.06 bits per heavy atom. The van der Waals surface area contributed by atoms with Gasteiger partial charge in [0.25, 0.3) is 0 Å². The van der Waals surface area contributed by atoms with Gasteiger partial charge in [-0.2, -0.15) is 0 Å². The zero-order chi connectivity index (χ0) is 13.6. The summed E-state index contributed by atoms with van der Waals surface area (Å²) in [5.41, 5.74) is 5.74. The Morgan fingerprint density at radius 1 is 1.44 bits per heavy atom. The van der Waals surface area contributed by atoms with Crippen molar-refractivity contribution in [2.45, 2.75) is 32.7 Å². The van der Waals surface area contributed by atoms with E-state index in [1.54, 1.807) is 0 Å². The summed E-state index contributed by atoms with van der Waals surface area (Å²) in [6, 6.07) is 0.280. The third kappa shape index (κ3) is 5.80. The van der Waals surface area contributed by atoms with Gasteiger partial charge < -0.3 is 15.8 Å². The highest BCUT2D eigenvalue weighted by molar-refractivity contribution is 5.78. The van der Waals surface area contributed by atoms with Gasteiger partial charge in [0.05, 0.1) is 6.54 Å². The highest BCUT2D eigenvalue weighted by atomic mass is 16.5. The number of hydrogen-bond donors (Lipinski definition) is 2.